The van der Waals surface area contributed by atoms with Crippen molar-refractivity contribution in [2.45, 2.75) is 39.3 Å². The molecular formula is C15H23N3O. The van der Waals surface area contributed by atoms with E-state index >= 15 is 0 Å². The van der Waals surface area contributed by atoms with Crippen molar-refractivity contribution in [1.82, 2.24) is 4.90 Å². The summed E-state index contributed by atoms with van der Waals surface area (Å²) >= 11 is 0. The van der Waals surface area contributed by atoms with E-state index < -0.39 is 5.91 Å². The van der Waals surface area contributed by atoms with E-state index in [-0.39, 0.29) is 0 Å². The number of nitrogen functional groups attached to an aromatic ring is 1. The zero-order valence-corrected chi connectivity index (χ0v) is 11.7. The molecule has 1 aromatic rings. The van der Waals surface area contributed by atoms with E-state index in [1.165, 1.54) is 12.8 Å². The molecule has 4 nitrogen and oxygen atoms in total. The highest BCUT2D eigenvalue weighted by atomic mass is 16.1. The Hall–Kier alpha value is -1.55. The van der Waals surface area contributed by atoms with Gasteiger partial charge < -0.3 is 11.5 Å². The van der Waals surface area contributed by atoms with Crippen molar-refractivity contribution in [2.24, 2.45) is 11.7 Å². The van der Waals surface area contributed by atoms with Crippen molar-refractivity contribution in [3.63, 3.8) is 0 Å². The van der Waals surface area contributed by atoms with E-state index in [9.17, 15) is 4.79 Å². The smallest absolute Gasteiger partial charge is 0.248 e. The second-order valence-electron chi connectivity index (χ2n) is 5.74. The van der Waals surface area contributed by atoms with Crippen LogP contribution in [0.15, 0.2) is 18.2 Å². The van der Waals surface area contributed by atoms with E-state index in [2.05, 4.69) is 18.7 Å². The van der Waals surface area contributed by atoms with Crippen LogP contribution in [0.5, 0.6) is 0 Å². The van der Waals surface area contributed by atoms with Gasteiger partial charge >= 0.3 is 0 Å². The number of nitrogens with zero attached hydrogens (tertiary/aromatic N) is 1. The van der Waals surface area contributed by atoms with Crippen molar-refractivity contribution >= 4 is 11.6 Å². The monoisotopic (exact) mass is 261 g/mol. The van der Waals surface area contributed by atoms with Crippen LogP contribution < -0.4 is 11.5 Å². The van der Waals surface area contributed by atoms with Crippen LogP contribution in [-0.2, 0) is 6.54 Å². The zero-order valence-electron chi connectivity index (χ0n) is 11.7. The summed E-state index contributed by atoms with van der Waals surface area (Å²) in [5.41, 5.74) is 13.5. The van der Waals surface area contributed by atoms with Crippen molar-refractivity contribution in [2.75, 3.05) is 12.3 Å². The zero-order chi connectivity index (χ0) is 14.0. The Morgan fingerprint density at radius 1 is 1.42 bits per heavy atom. The predicted octanol–water partition coefficient (Wildman–Crippen LogP) is 1.99. The first kappa shape index (κ1) is 13.9. The molecule has 4 heteroatoms. The van der Waals surface area contributed by atoms with Crippen LogP contribution in [0.25, 0.3) is 0 Å². The lowest BCUT2D eigenvalue weighted by atomic mass is 10.1. The maximum absolute atomic E-state index is 11.1. The minimum atomic E-state index is -0.433. The Kier molecular flexibility index (Phi) is 4.10. The number of benzene rings is 1. The van der Waals surface area contributed by atoms with Crippen molar-refractivity contribution in [1.29, 1.82) is 0 Å². The Bertz CT molecular complexity index is 466. The summed E-state index contributed by atoms with van der Waals surface area (Å²) < 4.78 is 0. The van der Waals surface area contributed by atoms with E-state index in [4.69, 9.17) is 11.5 Å². The minimum absolute atomic E-state index is 0.433. The normalized spacial score (nSPS) is 15.2. The van der Waals surface area contributed by atoms with Gasteiger partial charge in [0.1, 0.15) is 0 Å². The molecule has 1 saturated carbocycles. The number of primary amides is 1. The average Bonchev–Trinajstić information content (AvgIpc) is 3.14. The summed E-state index contributed by atoms with van der Waals surface area (Å²) in [5.74, 6) is 0.422. The standard InChI is InChI=1S/C15H23N3O/c1-10(2)18(8-11-3-4-11)9-13-6-5-12(15(17)19)7-14(13)16/h5-7,10-11H,3-4,8-9,16H2,1-2H3,(H2,17,19). The molecule has 4 N–H and O–H groups in total. The molecule has 1 aliphatic rings. The molecule has 0 spiro atoms. The average molecular weight is 261 g/mol. The second kappa shape index (κ2) is 5.61. The summed E-state index contributed by atoms with van der Waals surface area (Å²) in [6.07, 6.45) is 2.69. The number of anilines is 1. The van der Waals surface area contributed by atoms with Gasteiger partial charge in [0.25, 0.3) is 0 Å². The number of rotatable bonds is 6. The van der Waals surface area contributed by atoms with Gasteiger partial charge in [-0.2, -0.15) is 0 Å². The first-order chi connectivity index (χ1) is 8.97. The molecule has 0 heterocycles. The van der Waals surface area contributed by atoms with Gasteiger partial charge in [-0.05, 0) is 50.3 Å². The highest BCUT2D eigenvalue weighted by Crippen LogP contribution is 2.31. The number of carbonyl (C=O) groups excluding carboxylic acids is 1. The molecule has 0 unspecified atom stereocenters. The quantitative estimate of drug-likeness (QED) is 0.769. The van der Waals surface area contributed by atoms with Crippen LogP contribution in [0, 0.1) is 5.92 Å². The Morgan fingerprint density at radius 3 is 2.58 bits per heavy atom. The fraction of sp³-hybridized carbons (Fsp3) is 0.533. The summed E-state index contributed by atoms with van der Waals surface area (Å²) in [6, 6.07) is 5.84. The molecular weight excluding hydrogens is 238 g/mol. The third kappa shape index (κ3) is 3.70. The molecule has 1 fully saturated rings. The lowest BCUT2D eigenvalue weighted by Crippen LogP contribution is -2.32. The van der Waals surface area contributed by atoms with E-state index in [1.54, 1.807) is 12.1 Å². The summed E-state index contributed by atoms with van der Waals surface area (Å²) in [5, 5.41) is 0. The number of hydrogen-bond acceptors (Lipinski definition) is 3. The fourth-order valence-corrected chi connectivity index (χ4v) is 2.20. The summed E-state index contributed by atoms with van der Waals surface area (Å²) in [4.78, 5) is 13.5. The van der Waals surface area contributed by atoms with E-state index in [0.29, 0.717) is 17.3 Å². The maximum Gasteiger partial charge on any atom is 0.248 e. The molecule has 0 bridgehead atoms. The molecule has 0 radical (unpaired) electrons. The number of amides is 1. The van der Waals surface area contributed by atoms with Gasteiger partial charge in [-0.15, -0.1) is 0 Å². The number of carbonyl (C=O) groups is 1. The molecule has 0 atom stereocenters. The van der Waals surface area contributed by atoms with Crippen LogP contribution in [0.4, 0.5) is 5.69 Å². The third-order valence-electron chi connectivity index (χ3n) is 3.72. The molecule has 1 aromatic carbocycles. The lowest BCUT2D eigenvalue weighted by molar-refractivity contribution is 0.100. The van der Waals surface area contributed by atoms with Gasteiger partial charge in [-0.1, -0.05) is 6.07 Å². The molecule has 19 heavy (non-hydrogen) atoms. The molecule has 0 saturated heterocycles. The summed E-state index contributed by atoms with van der Waals surface area (Å²) in [6.45, 7) is 6.38. The number of nitrogens with two attached hydrogens (primary N) is 2. The van der Waals surface area contributed by atoms with Crippen LogP contribution >= 0.6 is 0 Å². The fourth-order valence-electron chi connectivity index (χ4n) is 2.20. The molecule has 104 valence electrons. The van der Waals surface area contributed by atoms with Crippen molar-refractivity contribution in [3.05, 3.63) is 29.3 Å². The highest BCUT2D eigenvalue weighted by molar-refractivity contribution is 5.93. The Labute approximate surface area is 114 Å². The molecule has 1 aliphatic carbocycles. The van der Waals surface area contributed by atoms with Gasteiger partial charge in [0, 0.05) is 30.4 Å². The van der Waals surface area contributed by atoms with Gasteiger partial charge in [0.05, 0.1) is 0 Å². The van der Waals surface area contributed by atoms with E-state index in [0.717, 1.165) is 24.6 Å². The van der Waals surface area contributed by atoms with Crippen molar-refractivity contribution in [3.8, 4) is 0 Å². The van der Waals surface area contributed by atoms with Crippen LogP contribution in [0.1, 0.15) is 42.6 Å². The third-order valence-corrected chi connectivity index (χ3v) is 3.72. The topological polar surface area (TPSA) is 72.3 Å². The highest BCUT2D eigenvalue weighted by Gasteiger charge is 2.25. The predicted molar refractivity (Wildman–Crippen MR) is 77.6 cm³/mol. The first-order valence-electron chi connectivity index (χ1n) is 6.89. The molecule has 0 aromatic heterocycles. The molecule has 1 amide bonds. The Balaban J connectivity index is 2.09. The van der Waals surface area contributed by atoms with Crippen LogP contribution in [0.2, 0.25) is 0 Å². The number of hydrogen-bond donors (Lipinski definition) is 2. The second-order valence-corrected chi connectivity index (χ2v) is 5.74. The van der Waals surface area contributed by atoms with Gasteiger partial charge in [0.2, 0.25) is 5.91 Å². The SMILES string of the molecule is CC(C)N(Cc1ccc(C(N)=O)cc1N)CC1CC1. The van der Waals surface area contributed by atoms with Gasteiger partial charge in [-0.3, -0.25) is 9.69 Å². The first-order valence-corrected chi connectivity index (χ1v) is 6.89. The largest absolute Gasteiger partial charge is 0.398 e. The maximum atomic E-state index is 11.1. The minimum Gasteiger partial charge on any atom is -0.398 e. The Morgan fingerprint density at radius 2 is 2.11 bits per heavy atom. The van der Waals surface area contributed by atoms with Crippen LogP contribution in [-0.4, -0.2) is 23.4 Å². The van der Waals surface area contributed by atoms with Crippen molar-refractivity contribution < 1.29 is 4.79 Å². The molecule has 0 aliphatic heterocycles. The summed E-state index contributed by atoms with van der Waals surface area (Å²) in [7, 11) is 0. The van der Waals surface area contributed by atoms with E-state index in [1.807, 2.05) is 6.07 Å². The lowest BCUT2D eigenvalue weighted by Gasteiger charge is -2.27. The van der Waals surface area contributed by atoms with Gasteiger partial charge in [0.15, 0.2) is 0 Å². The van der Waals surface area contributed by atoms with Crippen LogP contribution in [0.3, 0.4) is 0 Å². The van der Waals surface area contributed by atoms with Gasteiger partial charge in [-0.25, -0.2) is 0 Å². The molecule has 2 rings (SSSR count).